The second kappa shape index (κ2) is 9.06. The smallest absolute Gasteiger partial charge is 0.128 e. The fourth-order valence-corrected chi connectivity index (χ4v) is 3.61. The summed E-state index contributed by atoms with van der Waals surface area (Å²) in [5, 5.41) is 0. The minimum Gasteiger partial charge on any atom is -0.496 e. The SMILES string of the molecule is CCCN1CCN(Cc2cc(OC)c(-c3cccc(N)n3)cc2OC)CC1. The highest BCUT2D eigenvalue weighted by atomic mass is 16.5. The molecule has 1 saturated heterocycles. The summed E-state index contributed by atoms with van der Waals surface area (Å²) < 4.78 is 11.3. The van der Waals surface area contributed by atoms with Gasteiger partial charge in [0, 0.05) is 43.9 Å². The largest absolute Gasteiger partial charge is 0.496 e. The van der Waals surface area contributed by atoms with E-state index in [4.69, 9.17) is 15.2 Å². The number of hydrogen-bond acceptors (Lipinski definition) is 6. The third kappa shape index (κ3) is 4.70. The topological polar surface area (TPSA) is 63.9 Å². The van der Waals surface area contributed by atoms with E-state index in [1.165, 1.54) is 13.0 Å². The fraction of sp³-hybridized carbons (Fsp3) is 0.476. The molecule has 146 valence electrons. The number of ether oxygens (including phenoxy) is 2. The number of rotatable bonds is 7. The number of pyridine rings is 1. The van der Waals surface area contributed by atoms with Crippen molar-refractivity contribution >= 4 is 5.82 Å². The van der Waals surface area contributed by atoms with Crippen molar-refractivity contribution in [3.05, 3.63) is 35.9 Å². The molecule has 0 atom stereocenters. The summed E-state index contributed by atoms with van der Waals surface area (Å²) >= 11 is 0. The zero-order chi connectivity index (χ0) is 19.2. The third-order valence-corrected chi connectivity index (χ3v) is 5.05. The van der Waals surface area contributed by atoms with Gasteiger partial charge in [0.2, 0.25) is 0 Å². The molecule has 2 aromatic rings. The van der Waals surface area contributed by atoms with E-state index in [2.05, 4.69) is 27.8 Å². The number of piperazine rings is 1. The Morgan fingerprint density at radius 2 is 1.70 bits per heavy atom. The van der Waals surface area contributed by atoms with Gasteiger partial charge in [-0.3, -0.25) is 4.90 Å². The van der Waals surface area contributed by atoms with Crippen LogP contribution in [-0.2, 0) is 6.54 Å². The molecule has 1 aromatic heterocycles. The van der Waals surface area contributed by atoms with Crippen molar-refractivity contribution in [1.82, 2.24) is 14.8 Å². The Hall–Kier alpha value is -2.31. The van der Waals surface area contributed by atoms with Crippen LogP contribution in [-0.4, -0.2) is 61.7 Å². The fourth-order valence-electron chi connectivity index (χ4n) is 3.61. The monoisotopic (exact) mass is 370 g/mol. The Bertz CT molecular complexity index is 758. The minimum atomic E-state index is 0.488. The van der Waals surface area contributed by atoms with Gasteiger partial charge >= 0.3 is 0 Å². The van der Waals surface area contributed by atoms with Crippen molar-refractivity contribution in [2.75, 3.05) is 52.7 Å². The summed E-state index contributed by atoms with van der Waals surface area (Å²) in [5.41, 5.74) is 8.65. The summed E-state index contributed by atoms with van der Waals surface area (Å²) in [5.74, 6) is 2.13. The summed E-state index contributed by atoms with van der Waals surface area (Å²) in [6, 6.07) is 9.67. The number of anilines is 1. The predicted octanol–water partition coefficient (Wildman–Crippen LogP) is 2.88. The number of methoxy groups -OCH3 is 2. The molecule has 3 rings (SSSR count). The van der Waals surface area contributed by atoms with E-state index in [0.717, 1.165) is 61.0 Å². The number of aromatic nitrogens is 1. The van der Waals surface area contributed by atoms with Gasteiger partial charge in [-0.05, 0) is 37.2 Å². The van der Waals surface area contributed by atoms with E-state index in [9.17, 15) is 0 Å². The second-order valence-electron chi connectivity index (χ2n) is 6.93. The Morgan fingerprint density at radius 3 is 2.33 bits per heavy atom. The summed E-state index contributed by atoms with van der Waals surface area (Å²) in [6.07, 6.45) is 1.21. The number of nitrogens with two attached hydrogens (primary N) is 1. The molecule has 6 heteroatoms. The lowest BCUT2D eigenvalue weighted by Crippen LogP contribution is -2.46. The molecule has 0 aliphatic carbocycles. The summed E-state index contributed by atoms with van der Waals surface area (Å²) in [7, 11) is 3.39. The van der Waals surface area contributed by atoms with Gasteiger partial charge in [-0.25, -0.2) is 4.98 Å². The lowest BCUT2D eigenvalue weighted by Gasteiger charge is -2.34. The van der Waals surface area contributed by atoms with Crippen molar-refractivity contribution in [3.8, 4) is 22.8 Å². The van der Waals surface area contributed by atoms with Gasteiger partial charge < -0.3 is 20.1 Å². The molecule has 27 heavy (non-hydrogen) atoms. The Kier molecular flexibility index (Phi) is 6.53. The number of nitrogens with zero attached hydrogens (tertiary/aromatic N) is 3. The molecule has 0 amide bonds. The highest BCUT2D eigenvalue weighted by molar-refractivity contribution is 5.71. The normalized spacial score (nSPS) is 15.7. The van der Waals surface area contributed by atoms with Gasteiger partial charge in [0.15, 0.2) is 0 Å². The highest BCUT2D eigenvalue weighted by Crippen LogP contribution is 2.36. The van der Waals surface area contributed by atoms with E-state index in [1.807, 2.05) is 18.2 Å². The highest BCUT2D eigenvalue weighted by Gasteiger charge is 2.20. The molecular weight excluding hydrogens is 340 g/mol. The van der Waals surface area contributed by atoms with Gasteiger partial charge in [-0.15, -0.1) is 0 Å². The zero-order valence-electron chi connectivity index (χ0n) is 16.6. The van der Waals surface area contributed by atoms with E-state index < -0.39 is 0 Å². The maximum Gasteiger partial charge on any atom is 0.128 e. The van der Waals surface area contributed by atoms with Crippen molar-refractivity contribution in [3.63, 3.8) is 0 Å². The molecule has 0 spiro atoms. The first-order valence-corrected chi connectivity index (χ1v) is 9.57. The molecule has 0 radical (unpaired) electrons. The van der Waals surface area contributed by atoms with Crippen molar-refractivity contribution in [2.24, 2.45) is 0 Å². The van der Waals surface area contributed by atoms with Crippen LogP contribution in [0.1, 0.15) is 18.9 Å². The minimum absolute atomic E-state index is 0.488. The molecule has 1 aliphatic heterocycles. The van der Waals surface area contributed by atoms with Crippen LogP contribution in [0.2, 0.25) is 0 Å². The third-order valence-electron chi connectivity index (χ3n) is 5.05. The number of hydrogen-bond donors (Lipinski definition) is 1. The van der Waals surface area contributed by atoms with Crippen molar-refractivity contribution in [2.45, 2.75) is 19.9 Å². The molecule has 0 bridgehead atoms. The number of benzene rings is 1. The lowest BCUT2D eigenvalue weighted by atomic mass is 10.0. The predicted molar refractivity (Wildman–Crippen MR) is 109 cm³/mol. The van der Waals surface area contributed by atoms with Gasteiger partial charge in [0.25, 0.3) is 0 Å². The van der Waals surface area contributed by atoms with Crippen LogP contribution >= 0.6 is 0 Å². The van der Waals surface area contributed by atoms with Crippen LogP contribution in [0.25, 0.3) is 11.3 Å². The van der Waals surface area contributed by atoms with Gasteiger partial charge in [-0.2, -0.15) is 0 Å². The first-order valence-electron chi connectivity index (χ1n) is 9.57. The second-order valence-corrected chi connectivity index (χ2v) is 6.93. The molecule has 2 N–H and O–H groups in total. The van der Waals surface area contributed by atoms with Crippen molar-refractivity contribution < 1.29 is 9.47 Å². The van der Waals surface area contributed by atoms with E-state index in [1.54, 1.807) is 20.3 Å². The van der Waals surface area contributed by atoms with E-state index >= 15 is 0 Å². The first-order chi connectivity index (χ1) is 13.1. The van der Waals surface area contributed by atoms with Gasteiger partial charge in [0.05, 0.1) is 19.9 Å². The van der Waals surface area contributed by atoms with Crippen LogP contribution in [0.15, 0.2) is 30.3 Å². The average molecular weight is 370 g/mol. The van der Waals surface area contributed by atoms with E-state index in [-0.39, 0.29) is 0 Å². The quantitative estimate of drug-likeness (QED) is 0.809. The average Bonchev–Trinajstić information content (AvgIpc) is 2.69. The molecule has 1 fully saturated rings. The molecule has 0 saturated carbocycles. The van der Waals surface area contributed by atoms with Crippen molar-refractivity contribution in [1.29, 1.82) is 0 Å². The first kappa shape index (κ1) is 19.5. The molecule has 1 aromatic carbocycles. The van der Waals surface area contributed by atoms with Gasteiger partial charge in [-0.1, -0.05) is 13.0 Å². The maximum absolute atomic E-state index is 5.85. The Balaban J connectivity index is 1.82. The van der Waals surface area contributed by atoms with Gasteiger partial charge in [0.1, 0.15) is 17.3 Å². The van der Waals surface area contributed by atoms with Crippen LogP contribution in [0.3, 0.4) is 0 Å². The Morgan fingerprint density at radius 1 is 1.00 bits per heavy atom. The van der Waals surface area contributed by atoms with Crippen LogP contribution in [0.4, 0.5) is 5.82 Å². The molecular formula is C21H30N4O2. The Labute approximate surface area is 161 Å². The van der Waals surface area contributed by atoms with Crippen LogP contribution < -0.4 is 15.2 Å². The van der Waals surface area contributed by atoms with Crippen LogP contribution in [0.5, 0.6) is 11.5 Å². The summed E-state index contributed by atoms with van der Waals surface area (Å²) in [6.45, 7) is 8.67. The molecule has 0 unspecified atom stereocenters. The standard InChI is InChI=1S/C21H30N4O2/c1-4-8-24-9-11-25(12-10-24)15-16-13-20(27-3)17(14-19(16)26-2)18-6-5-7-21(22)23-18/h5-7,13-14H,4,8-12,15H2,1-3H3,(H2,22,23). The number of nitrogen functional groups attached to an aromatic ring is 1. The molecule has 6 nitrogen and oxygen atoms in total. The summed E-state index contributed by atoms with van der Waals surface area (Å²) in [4.78, 5) is 9.43. The molecule has 2 heterocycles. The zero-order valence-corrected chi connectivity index (χ0v) is 16.6. The molecule has 1 aliphatic rings. The van der Waals surface area contributed by atoms with E-state index in [0.29, 0.717) is 5.82 Å². The van der Waals surface area contributed by atoms with Crippen LogP contribution in [0, 0.1) is 0 Å². The lowest BCUT2D eigenvalue weighted by molar-refractivity contribution is 0.126. The maximum atomic E-state index is 5.85.